The summed E-state index contributed by atoms with van der Waals surface area (Å²) in [4.78, 5) is 0. The van der Waals surface area contributed by atoms with Crippen LogP contribution in [-0.2, 0) is 23.7 Å². The summed E-state index contributed by atoms with van der Waals surface area (Å²) in [5.41, 5.74) is 0. The first-order valence-electron chi connectivity index (χ1n) is 6.60. The maximum absolute atomic E-state index is 5.95. The van der Waals surface area contributed by atoms with Gasteiger partial charge >= 0.3 is 0 Å². The van der Waals surface area contributed by atoms with Gasteiger partial charge in [-0.25, -0.2) is 0 Å². The lowest BCUT2D eigenvalue weighted by Gasteiger charge is -2.26. The van der Waals surface area contributed by atoms with Crippen LogP contribution in [0.25, 0.3) is 0 Å². The Balaban J connectivity index is 1.75. The van der Waals surface area contributed by atoms with Crippen LogP contribution in [0.2, 0.25) is 0 Å². The van der Waals surface area contributed by atoms with Crippen LogP contribution in [0.1, 0.15) is 34.6 Å². The van der Waals surface area contributed by atoms with Crippen molar-refractivity contribution in [2.75, 3.05) is 6.61 Å². The summed E-state index contributed by atoms with van der Waals surface area (Å²) < 4.78 is 29.3. The zero-order valence-electron chi connectivity index (χ0n) is 11.6. The second kappa shape index (κ2) is 3.90. The molecule has 5 atom stereocenters. The Morgan fingerprint density at radius 1 is 0.833 bits per heavy atom. The van der Waals surface area contributed by atoms with Gasteiger partial charge in [0, 0.05) is 0 Å². The third-order valence-corrected chi connectivity index (χ3v) is 3.72. The minimum atomic E-state index is -0.541. The lowest BCUT2D eigenvalue weighted by Crippen LogP contribution is -2.40. The van der Waals surface area contributed by atoms with Crippen LogP contribution < -0.4 is 0 Å². The van der Waals surface area contributed by atoms with E-state index < -0.39 is 11.6 Å². The Kier molecular flexibility index (Phi) is 2.78. The van der Waals surface area contributed by atoms with E-state index in [9.17, 15) is 0 Å². The minimum absolute atomic E-state index is 0.0164. The molecule has 3 saturated heterocycles. The molecule has 0 aromatic rings. The van der Waals surface area contributed by atoms with Gasteiger partial charge in [-0.2, -0.15) is 0 Å². The molecule has 18 heavy (non-hydrogen) atoms. The van der Waals surface area contributed by atoms with E-state index in [-0.39, 0.29) is 30.5 Å². The molecule has 0 aliphatic carbocycles. The second-order valence-electron chi connectivity index (χ2n) is 6.24. The largest absolute Gasteiger partial charge is 0.367 e. The van der Waals surface area contributed by atoms with Crippen LogP contribution in [0.15, 0.2) is 0 Å². The lowest BCUT2D eigenvalue weighted by molar-refractivity contribution is -0.204. The molecule has 3 aliphatic rings. The van der Waals surface area contributed by atoms with Crippen LogP contribution in [0.3, 0.4) is 0 Å². The Morgan fingerprint density at radius 2 is 1.50 bits per heavy atom. The summed E-state index contributed by atoms with van der Waals surface area (Å²) in [7, 11) is 0. The molecule has 5 heteroatoms. The molecule has 0 amide bonds. The van der Waals surface area contributed by atoms with Crippen LogP contribution in [0.5, 0.6) is 0 Å². The van der Waals surface area contributed by atoms with Gasteiger partial charge in [-0.15, -0.1) is 0 Å². The molecule has 0 spiro atoms. The summed E-state index contributed by atoms with van der Waals surface area (Å²) in [5, 5.41) is 0. The highest BCUT2D eigenvalue weighted by molar-refractivity contribution is 5.00. The van der Waals surface area contributed by atoms with Gasteiger partial charge in [0.2, 0.25) is 0 Å². The Labute approximate surface area is 108 Å². The van der Waals surface area contributed by atoms with Gasteiger partial charge in [-0.3, -0.25) is 0 Å². The molecule has 0 N–H and O–H groups in total. The molecule has 104 valence electrons. The number of rotatable bonds is 1. The van der Waals surface area contributed by atoms with Crippen molar-refractivity contribution in [3.63, 3.8) is 0 Å². The van der Waals surface area contributed by atoms with Crippen molar-refractivity contribution in [2.24, 2.45) is 0 Å². The van der Waals surface area contributed by atoms with Gasteiger partial charge in [0.25, 0.3) is 0 Å². The molecule has 5 nitrogen and oxygen atoms in total. The van der Waals surface area contributed by atoms with E-state index in [4.69, 9.17) is 23.7 Å². The smallest absolute Gasteiger partial charge is 0.164 e. The highest BCUT2D eigenvalue weighted by atomic mass is 16.8. The maximum atomic E-state index is 5.95. The first-order chi connectivity index (χ1) is 8.27. The van der Waals surface area contributed by atoms with E-state index >= 15 is 0 Å². The molecule has 0 aromatic heterocycles. The van der Waals surface area contributed by atoms with Crippen molar-refractivity contribution < 1.29 is 23.7 Å². The monoisotopic (exact) mass is 258 g/mol. The highest BCUT2D eigenvalue weighted by Gasteiger charge is 2.57. The molecule has 0 radical (unpaired) electrons. The van der Waals surface area contributed by atoms with Gasteiger partial charge in [-0.05, 0) is 34.6 Å². The van der Waals surface area contributed by atoms with Gasteiger partial charge in [0.15, 0.2) is 11.6 Å². The normalized spacial score (nSPS) is 49.5. The van der Waals surface area contributed by atoms with Crippen LogP contribution >= 0.6 is 0 Å². The maximum Gasteiger partial charge on any atom is 0.164 e. The van der Waals surface area contributed by atoms with Crippen molar-refractivity contribution in [1.29, 1.82) is 0 Å². The Hall–Kier alpha value is -0.200. The molecule has 2 unspecified atom stereocenters. The zero-order valence-corrected chi connectivity index (χ0v) is 11.6. The van der Waals surface area contributed by atoms with Crippen LogP contribution in [0.4, 0.5) is 0 Å². The van der Waals surface area contributed by atoms with Gasteiger partial charge < -0.3 is 23.7 Å². The number of hydrogen-bond acceptors (Lipinski definition) is 5. The fourth-order valence-electron chi connectivity index (χ4n) is 3.01. The molecule has 0 saturated carbocycles. The van der Waals surface area contributed by atoms with Gasteiger partial charge in [0.1, 0.15) is 24.4 Å². The number of fused-ring (bicyclic) bond motifs is 1. The Morgan fingerprint density at radius 3 is 2.11 bits per heavy atom. The minimum Gasteiger partial charge on any atom is -0.367 e. The summed E-state index contributed by atoms with van der Waals surface area (Å²) in [5.74, 6) is -1.08. The molecule has 3 aliphatic heterocycles. The highest BCUT2D eigenvalue weighted by Crippen LogP contribution is 2.41. The van der Waals surface area contributed by atoms with Gasteiger partial charge in [-0.1, -0.05) is 0 Å². The van der Waals surface area contributed by atoms with Crippen molar-refractivity contribution >= 4 is 0 Å². The van der Waals surface area contributed by atoms with E-state index in [1.165, 1.54) is 0 Å². The molecule has 3 fully saturated rings. The summed E-state index contributed by atoms with van der Waals surface area (Å²) in [6.07, 6.45) is -0.271. The summed E-state index contributed by atoms with van der Waals surface area (Å²) in [6.45, 7) is 10.3. The van der Waals surface area contributed by atoms with E-state index in [2.05, 4.69) is 0 Å². The molecule has 0 bridgehead atoms. The van der Waals surface area contributed by atoms with E-state index in [0.29, 0.717) is 6.61 Å². The molecular weight excluding hydrogens is 236 g/mol. The third kappa shape index (κ3) is 2.08. The zero-order chi connectivity index (χ0) is 13.1. The molecular formula is C13H22O5. The molecule has 3 heterocycles. The SMILES string of the molecule is CC1O[C@H](C2COC(C)(C)O2)[C@@H]2OC(C)(C)O[C@H]12. The van der Waals surface area contributed by atoms with Crippen molar-refractivity contribution in [3.8, 4) is 0 Å². The average Bonchev–Trinajstić information content (AvgIpc) is 2.81. The summed E-state index contributed by atoms with van der Waals surface area (Å²) in [6, 6.07) is 0. The van der Waals surface area contributed by atoms with E-state index in [1.807, 2.05) is 34.6 Å². The first kappa shape index (κ1) is 12.8. The van der Waals surface area contributed by atoms with E-state index in [1.54, 1.807) is 0 Å². The predicted molar refractivity (Wildman–Crippen MR) is 63.1 cm³/mol. The van der Waals surface area contributed by atoms with Crippen molar-refractivity contribution in [3.05, 3.63) is 0 Å². The number of hydrogen-bond donors (Lipinski definition) is 0. The second-order valence-corrected chi connectivity index (χ2v) is 6.24. The number of ether oxygens (including phenoxy) is 5. The lowest BCUT2D eigenvalue weighted by atomic mass is 10.1. The quantitative estimate of drug-likeness (QED) is 0.712. The Bertz CT molecular complexity index is 340. The topological polar surface area (TPSA) is 46.2 Å². The standard InChI is InChI=1S/C13H22O5/c1-7-9-11(18-13(4,5)17-9)10(15-7)8-6-14-12(2,3)16-8/h7-11H,6H2,1-5H3/t7?,8?,9-,10-,11-/m1/s1. The van der Waals surface area contributed by atoms with Crippen LogP contribution in [0, 0.1) is 0 Å². The fraction of sp³-hybridized carbons (Fsp3) is 1.00. The van der Waals surface area contributed by atoms with Crippen molar-refractivity contribution in [2.45, 2.75) is 76.7 Å². The molecule has 0 aromatic carbocycles. The predicted octanol–water partition coefficient (Wildman–Crippen LogP) is 1.45. The molecule has 3 rings (SSSR count). The van der Waals surface area contributed by atoms with E-state index in [0.717, 1.165) is 0 Å². The first-order valence-corrected chi connectivity index (χ1v) is 6.60. The fourth-order valence-corrected chi connectivity index (χ4v) is 3.01. The third-order valence-electron chi connectivity index (χ3n) is 3.72. The average molecular weight is 258 g/mol. The van der Waals surface area contributed by atoms with Crippen molar-refractivity contribution in [1.82, 2.24) is 0 Å². The van der Waals surface area contributed by atoms with Crippen LogP contribution in [-0.4, -0.2) is 48.7 Å². The summed E-state index contributed by atoms with van der Waals surface area (Å²) >= 11 is 0. The van der Waals surface area contributed by atoms with Gasteiger partial charge in [0.05, 0.1) is 12.7 Å².